The summed E-state index contributed by atoms with van der Waals surface area (Å²) >= 11 is 0. The monoisotopic (exact) mass is 303 g/mol. The maximum Gasteiger partial charge on any atom is 0.213 e. The van der Waals surface area contributed by atoms with Crippen molar-refractivity contribution in [1.29, 1.82) is 0 Å². The third-order valence-corrected chi connectivity index (χ3v) is 6.53. The SMILES string of the molecule is CN(CCN1CCCC1)S(=O)(=O)CCC1CCNCC1. The Hall–Kier alpha value is -0.170. The van der Waals surface area contributed by atoms with Crippen LogP contribution in [0.1, 0.15) is 32.1 Å². The van der Waals surface area contributed by atoms with Gasteiger partial charge >= 0.3 is 0 Å². The van der Waals surface area contributed by atoms with E-state index in [-0.39, 0.29) is 0 Å². The first-order valence-electron chi connectivity index (χ1n) is 7.95. The number of hydrogen-bond acceptors (Lipinski definition) is 4. The van der Waals surface area contributed by atoms with Gasteiger partial charge in [-0.1, -0.05) is 0 Å². The molecule has 2 aliphatic heterocycles. The number of nitrogens with zero attached hydrogens (tertiary/aromatic N) is 2. The van der Waals surface area contributed by atoms with E-state index in [1.165, 1.54) is 12.8 Å². The van der Waals surface area contributed by atoms with Gasteiger partial charge < -0.3 is 10.2 Å². The average molecular weight is 303 g/mol. The second kappa shape index (κ2) is 7.73. The summed E-state index contributed by atoms with van der Waals surface area (Å²) in [6.45, 7) is 5.84. The fourth-order valence-electron chi connectivity index (χ4n) is 3.07. The standard InChI is InChI=1S/C14H29N3O2S/c1-16(11-12-17-9-2-3-10-17)20(18,19)13-6-14-4-7-15-8-5-14/h14-15H,2-13H2,1H3. The van der Waals surface area contributed by atoms with Crippen molar-refractivity contribution >= 4 is 10.0 Å². The van der Waals surface area contributed by atoms with E-state index in [0.717, 1.165) is 52.0 Å². The number of hydrogen-bond donors (Lipinski definition) is 1. The molecule has 0 unspecified atom stereocenters. The zero-order chi connectivity index (χ0) is 14.4. The Kier molecular flexibility index (Phi) is 6.26. The van der Waals surface area contributed by atoms with Gasteiger partial charge in [-0.05, 0) is 64.2 Å². The van der Waals surface area contributed by atoms with Gasteiger partial charge in [0.25, 0.3) is 0 Å². The third-order valence-electron chi connectivity index (χ3n) is 4.65. The molecule has 2 aliphatic rings. The highest BCUT2D eigenvalue weighted by atomic mass is 32.2. The molecule has 0 aliphatic carbocycles. The van der Waals surface area contributed by atoms with E-state index in [0.29, 0.717) is 18.2 Å². The fourth-order valence-corrected chi connectivity index (χ4v) is 4.37. The van der Waals surface area contributed by atoms with Crippen molar-refractivity contribution in [1.82, 2.24) is 14.5 Å². The first kappa shape index (κ1) is 16.2. The summed E-state index contributed by atoms with van der Waals surface area (Å²) in [6, 6.07) is 0. The molecule has 0 bridgehead atoms. The molecule has 0 spiro atoms. The summed E-state index contributed by atoms with van der Waals surface area (Å²) < 4.78 is 26.1. The molecule has 0 aromatic rings. The Labute approximate surface area is 123 Å². The number of likely N-dealkylation sites (N-methyl/N-ethyl adjacent to an activating group) is 1. The van der Waals surface area contributed by atoms with Crippen molar-refractivity contribution in [2.75, 3.05) is 52.1 Å². The second-order valence-electron chi connectivity index (χ2n) is 6.17. The number of rotatable bonds is 7. The molecule has 0 saturated carbocycles. The Morgan fingerprint density at radius 2 is 1.85 bits per heavy atom. The molecule has 2 saturated heterocycles. The lowest BCUT2D eigenvalue weighted by Gasteiger charge is -2.24. The van der Waals surface area contributed by atoms with E-state index in [9.17, 15) is 8.42 Å². The van der Waals surface area contributed by atoms with Crippen molar-refractivity contribution in [3.63, 3.8) is 0 Å². The topological polar surface area (TPSA) is 52.7 Å². The van der Waals surface area contributed by atoms with Crippen LogP contribution in [0.2, 0.25) is 0 Å². The van der Waals surface area contributed by atoms with E-state index in [2.05, 4.69) is 10.2 Å². The van der Waals surface area contributed by atoms with E-state index in [1.807, 2.05) is 0 Å². The molecule has 1 N–H and O–H groups in total. The van der Waals surface area contributed by atoms with Crippen LogP contribution in [-0.2, 0) is 10.0 Å². The van der Waals surface area contributed by atoms with Crippen LogP contribution < -0.4 is 5.32 Å². The van der Waals surface area contributed by atoms with Gasteiger partial charge in [0.15, 0.2) is 0 Å². The number of piperidine rings is 1. The molecule has 0 atom stereocenters. The maximum atomic E-state index is 12.3. The Bertz CT molecular complexity index is 374. The van der Waals surface area contributed by atoms with E-state index in [4.69, 9.17) is 0 Å². The van der Waals surface area contributed by atoms with Crippen LogP contribution in [0.3, 0.4) is 0 Å². The Balaban J connectivity index is 1.70. The Morgan fingerprint density at radius 3 is 2.50 bits per heavy atom. The molecule has 0 radical (unpaired) electrons. The van der Waals surface area contributed by atoms with Crippen LogP contribution >= 0.6 is 0 Å². The highest BCUT2D eigenvalue weighted by molar-refractivity contribution is 7.89. The molecule has 20 heavy (non-hydrogen) atoms. The van der Waals surface area contributed by atoms with Gasteiger partial charge in [0.2, 0.25) is 10.0 Å². The molecule has 2 rings (SSSR count). The van der Waals surface area contributed by atoms with Crippen LogP contribution in [-0.4, -0.2) is 69.7 Å². The first-order chi connectivity index (χ1) is 9.58. The normalized spacial score (nSPS) is 22.7. The molecule has 0 aromatic heterocycles. The van der Waals surface area contributed by atoms with Gasteiger partial charge in [-0.2, -0.15) is 0 Å². The lowest BCUT2D eigenvalue weighted by Crippen LogP contribution is -2.37. The lowest BCUT2D eigenvalue weighted by atomic mass is 9.96. The van der Waals surface area contributed by atoms with Gasteiger partial charge in [-0.25, -0.2) is 12.7 Å². The van der Waals surface area contributed by atoms with Crippen LogP contribution in [0.15, 0.2) is 0 Å². The minimum atomic E-state index is -3.07. The van der Waals surface area contributed by atoms with Crippen molar-refractivity contribution in [2.45, 2.75) is 32.1 Å². The molecular weight excluding hydrogens is 274 g/mol. The van der Waals surface area contributed by atoms with E-state index >= 15 is 0 Å². The maximum absolute atomic E-state index is 12.3. The summed E-state index contributed by atoms with van der Waals surface area (Å²) in [7, 11) is -1.34. The molecule has 118 valence electrons. The highest BCUT2D eigenvalue weighted by Crippen LogP contribution is 2.17. The summed E-state index contributed by atoms with van der Waals surface area (Å²) in [4.78, 5) is 2.36. The van der Waals surface area contributed by atoms with Crippen LogP contribution in [0.25, 0.3) is 0 Å². The molecule has 6 heteroatoms. The van der Waals surface area contributed by atoms with E-state index in [1.54, 1.807) is 11.4 Å². The molecule has 0 amide bonds. The van der Waals surface area contributed by atoms with Gasteiger partial charge in [0.1, 0.15) is 0 Å². The summed E-state index contributed by atoms with van der Waals surface area (Å²) in [5, 5.41) is 3.32. The minimum Gasteiger partial charge on any atom is -0.317 e. The van der Waals surface area contributed by atoms with Gasteiger partial charge in [0, 0.05) is 20.1 Å². The number of likely N-dealkylation sites (tertiary alicyclic amines) is 1. The largest absolute Gasteiger partial charge is 0.317 e. The van der Waals surface area contributed by atoms with Crippen LogP contribution in [0.5, 0.6) is 0 Å². The molecule has 2 heterocycles. The Morgan fingerprint density at radius 1 is 1.20 bits per heavy atom. The summed E-state index contributed by atoms with van der Waals surface area (Å²) in [6.07, 6.45) is 5.57. The zero-order valence-electron chi connectivity index (χ0n) is 12.7. The quantitative estimate of drug-likeness (QED) is 0.753. The summed E-state index contributed by atoms with van der Waals surface area (Å²) in [5.74, 6) is 0.895. The molecular formula is C14H29N3O2S. The van der Waals surface area contributed by atoms with E-state index < -0.39 is 10.0 Å². The average Bonchev–Trinajstić information content (AvgIpc) is 2.97. The molecule has 2 fully saturated rings. The second-order valence-corrected chi connectivity index (χ2v) is 8.36. The molecule has 0 aromatic carbocycles. The van der Waals surface area contributed by atoms with Crippen molar-refractivity contribution in [3.8, 4) is 0 Å². The van der Waals surface area contributed by atoms with Crippen LogP contribution in [0, 0.1) is 5.92 Å². The van der Waals surface area contributed by atoms with Gasteiger partial charge in [-0.15, -0.1) is 0 Å². The predicted octanol–water partition coefficient (Wildman–Crippen LogP) is 0.734. The third kappa shape index (κ3) is 4.98. The minimum absolute atomic E-state index is 0.314. The summed E-state index contributed by atoms with van der Waals surface area (Å²) in [5.41, 5.74) is 0. The number of nitrogens with one attached hydrogen (secondary N) is 1. The van der Waals surface area contributed by atoms with Crippen molar-refractivity contribution in [3.05, 3.63) is 0 Å². The highest BCUT2D eigenvalue weighted by Gasteiger charge is 2.22. The first-order valence-corrected chi connectivity index (χ1v) is 9.56. The smallest absolute Gasteiger partial charge is 0.213 e. The van der Waals surface area contributed by atoms with Gasteiger partial charge in [-0.3, -0.25) is 0 Å². The van der Waals surface area contributed by atoms with Crippen LogP contribution in [0.4, 0.5) is 0 Å². The lowest BCUT2D eigenvalue weighted by molar-refractivity contribution is 0.308. The zero-order valence-corrected chi connectivity index (χ0v) is 13.5. The molecule has 5 nitrogen and oxygen atoms in total. The van der Waals surface area contributed by atoms with Crippen molar-refractivity contribution < 1.29 is 8.42 Å². The fraction of sp³-hybridized carbons (Fsp3) is 1.00. The van der Waals surface area contributed by atoms with Crippen molar-refractivity contribution in [2.24, 2.45) is 5.92 Å². The predicted molar refractivity (Wildman–Crippen MR) is 82.3 cm³/mol. The van der Waals surface area contributed by atoms with Gasteiger partial charge in [0.05, 0.1) is 5.75 Å². The number of sulfonamides is 1.